The minimum absolute atomic E-state index is 0.0316. The fraction of sp³-hybridized carbons (Fsp3) is 0.341. The highest BCUT2D eigenvalue weighted by atomic mass is 16.2. The summed E-state index contributed by atoms with van der Waals surface area (Å²) in [5, 5.41) is 3.06. The van der Waals surface area contributed by atoms with Gasteiger partial charge in [-0.15, -0.1) is 0 Å². The van der Waals surface area contributed by atoms with Gasteiger partial charge in [-0.1, -0.05) is 144 Å². The summed E-state index contributed by atoms with van der Waals surface area (Å²) in [6, 6.07) is 38.0. The van der Waals surface area contributed by atoms with Crippen LogP contribution in [0, 0.1) is 17.3 Å². The van der Waals surface area contributed by atoms with Crippen molar-refractivity contribution in [3.63, 3.8) is 0 Å². The summed E-state index contributed by atoms with van der Waals surface area (Å²) in [6.07, 6.45) is 3.32. The van der Waals surface area contributed by atoms with Crippen LogP contribution in [0.25, 0.3) is 22.3 Å². The Hall–Kier alpha value is -4.51. The van der Waals surface area contributed by atoms with Crippen molar-refractivity contribution >= 4 is 17.7 Å². The molecule has 0 bridgehead atoms. The monoisotopic (exact) mass is 614 g/mol. The number of carbonyl (C=O) groups is 3. The Labute approximate surface area is 274 Å². The molecule has 2 fully saturated rings. The molecule has 4 atom stereocenters. The highest BCUT2D eigenvalue weighted by Gasteiger charge is 2.43. The number of amides is 3. The van der Waals surface area contributed by atoms with Crippen molar-refractivity contribution in [1.82, 2.24) is 10.2 Å². The molecule has 0 aliphatic carbocycles. The van der Waals surface area contributed by atoms with Crippen molar-refractivity contribution < 1.29 is 14.4 Å². The van der Waals surface area contributed by atoms with Crippen LogP contribution in [-0.2, 0) is 27.2 Å². The molecule has 2 unspecified atom stereocenters. The number of benzene rings is 4. The number of nitrogens with zero attached hydrogens (tertiary/aromatic N) is 1. The minimum atomic E-state index is -0.546. The summed E-state index contributed by atoms with van der Waals surface area (Å²) in [7, 11) is 0. The van der Waals surface area contributed by atoms with E-state index in [0.717, 1.165) is 24.8 Å². The van der Waals surface area contributed by atoms with Gasteiger partial charge in [0.15, 0.2) is 0 Å². The fourth-order valence-corrected chi connectivity index (χ4v) is 6.39. The van der Waals surface area contributed by atoms with E-state index in [2.05, 4.69) is 90.2 Å². The molecule has 0 spiro atoms. The maximum Gasteiger partial charge on any atom is 0.234 e. The number of hydrogen-bond donors (Lipinski definition) is 1. The van der Waals surface area contributed by atoms with Crippen LogP contribution in [0.5, 0.6) is 0 Å². The van der Waals surface area contributed by atoms with E-state index >= 15 is 0 Å². The lowest BCUT2D eigenvalue weighted by Crippen LogP contribution is -2.46. The largest absolute Gasteiger partial charge is 0.353 e. The third-order valence-corrected chi connectivity index (χ3v) is 9.02. The van der Waals surface area contributed by atoms with Gasteiger partial charge in [0, 0.05) is 29.3 Å². The molecule has 238 valence electrons. The first-order chi connectivity index (χ1) is 22.0. The van der Waals surface area contributed by atoms with Crippen molar-refractivity contribution in [3.05, 3.63) is 120 Å². The van der Waals surface area contributed by atoms with Crippen molar-refractivity contribution in [2.75, 3.05) is 0 Å². The van der Waals surface area contributed by atoms with Gasteiger partial charge < -0.3 is 5.32 Å². The second-order valence-electron chi connectivity index (χ2n) is 13.9. The molecule has 2 aliphatic heterocycles. The van der Waals surface area contributed by atoms with Gasteiger partial charge in [-0.25, -0.2) is 0 Å². The van der Waals surface area contributed by atoms with Gasteiger partial charge in [-0.05, 0) is 59.1 Å². The lowest BCUT2D eigenvalue weighted by molar-refractivity contribution is -0.150. The lowest BCUT2D eigenvalue weighted by Gasteiger charge is -2.29. The Morgan fingerprint density at radius 1 is 0.652 bits per heavy atom. The van der Waals surface area contributed by atoms with E-state index in [1.165, 1.54) is 32.7 Å². The standard InChI is InChI=1S/C23H27NO2.C18H19NO/c1-16-14-20(24(21(16)25)22(26)23(2,3)4)15-17-10-12-19(13-11-17)18-8-6-5-7-9-18;1-13-11-17(19-18(13)20)12-14-7-9-16(10-8-14)15-5-3-2-4-6-15/h5-13,16,20H,14-15H2,1-4H3;2-10,13,17H,11-12H2,1H3,(H,19,20)/t16?,20-;13?,17-/m00/s1. The third kappa shape index (κ3) is 8.00. The van der Waals surface area contributed by atoms with Crippen molar-refractivity contribution in [2.24, 2.45) is 17.3 Å². The molecule has 4 aromatic carbocycles. The Bertz CT molecular complexity index is 1620. The zero-order chi connectivity index (χ0) is 32.8. The van der Waals surface area contributed by atoms with E-state index < -0.39 is 5.41 Å². The zero-order valence-corrected chi connectivity index (χ0v) is 27.7. The van der Waals surface area contributed by atoms with E-state index in [1.807, 2.05) is 58.9 Å². The average Bonchev–Trinajstić information content (AvgIpc) is 3.52. The molecular formula is C41H46N2O3. The molecular weight excluding hydrogens is 568 g/mol. The average molecular weight is 615 g/mol. The van der Waals surface area contributed by atoms with Gasteiger partial charge in [0.2, 0.25) is 17.7 Å². The molecule has 0 saturated carbocycles. The second-order valence-corrected chi connectivity index (χ2v) is 13.9. The number of hydrogen-bond acceptors (Lipinski definition) is 3. The molecule has 4 aromatic rings. The molecule has 3 amide bonds. The Kier molecular flexibility index (Phi) is 10.2. The third-order valence-electron chi connectivity index (χ3n) is 9.02. The van der Waals surface area contributed by atoms with Crippen LogP contribution in [0.15, 0.2) is 109 Å². The number of imide groups is 1. The Balaban J connectivity index is 0.000000187. The summed E-state index contributed by atoms with van der Waals surface area (Å²) < 4.78 is 0. The number of nitrogens with one attached hydrogen (secondary N) is 1. The SMILES string of the molecule is CC1C[C@@H](Cc2ccc(-c3ccccc3)cc2)N(C(=O)C(C)(C)C)C1=O.CC1C[C@@H](Cc2ccc(-c3ccccc3)cc2)NC1=O. The smallest absolute Gasteiger partial charge is 0.234 e. The van der Waals surface area contributed by atoms with E-state index in [4.69, 9.17) is 0 Å². The predicted octanol–water partition coefficient (Wildman–Crippen LogP) is 8.13. The molecule has 5 heteroatoms. The van der Waals surface area contributed by atoms with E-state index in [9.17, 15) is 14.4 Å². The molecule has 2 aliphatic rings. The van der Waals surface area contributed by atoms with Gasteiger partial charge in [-0.3, -0.25) is 19.3 Å². The van der Waals surface area contributed by atoms with Crippen LogP contribution >= 0.6 is 0 Å². The topological polar surface area (TPSA) is 66.5 Å². The summed E-state index contributed by atoms with van der Waals surface area (Å²) in [4.78, 5) is 38.3. The van der Waals surface area contributed by atoms with Crippen LogP contribution in [0.4, 0.5) is 0 Å². The molecule has 2 saturated heterocycles. The Morgan fingerprint density at radius 3 is 1.54 bits per heavy atom. The first-order valence-electron chi connectivity index (χ1n) is 16.5. The molecule has 0 aromatic heterocycles. The van der Waals surface area contributed by atoms with Gasteiger partial charge in [0.25, 0.3) is 0 Å². The number of likely N-dealkylation sites (tertiary alicyclic amines) is 1. The van der Waals surface area contributed by atoms with E-state index in [1.54, 1.807) is 0 Å². The molecule has 5 nitrogen and oxygen atoms in total. The summed E-state index contributed by atoms with van der Waals surface area (Å²) in [6.45, 7) is 9.53. The molecule has 1 N–H and O–H groups in total. The van der Waals surface area contributed by atoms with Crippen LogP contribution in [0.1, 0.15) is 58.6 Å². The highest BCUT2D eigenvalue weighted by Crippen LogP contribution is 2.32. The molecule has 0 radical (unpaired) electrons. The summed E-state index contributed by atoms with van der Waals surface area (Å²) in [5.74, 6) is 0.156. The van der Waals surface area contributed by atoms with Gasteiger partial charge in [0.1, 0.15) is 0 Å². The number of rotatable bonds is 6. The normalized spacial score (nSPS) is 21.0. The molecule has 2 heterocycles. The molecule has 46 heavy (non-hydrogen) atoms. The fourth-order valence-electron chi connectivity index (χ4n) is 6.39. The lowest BCUT2D eigenvalue weighted by atomic mass is 9.93. The highest BCUT2D eigenvalue weighted by molar-refractivity contribution is 6.00. The first kappa shape index (κ1) is 32.9. The quantitative estimate of drug-likeness (QED) is 0.239. The summed E-state index contributed by atoms with van der Waals surface area (Å²) in [5.41, 5.74) is 6.73. The molecule has 6 rings (SSSR count). The minimum Gasteiger partial charge on any atom is -0.353 e. The van der Waals surface area contributed by atoms with Crippen LogP contribution in [0.3, 0.4) is 0 Å². The van der Waals surface area contributed by atoms with E-state index in [0.29, 0.717) is 12.5 Å². The second kappa shape index (κ2) is 14.3. The predicted molar refractivity (Wildman–Crippen MR) is 186 cm³/mol. The van der Waals surface area contributed by atoms with Crippen molar-refractivity contribution in [2.45, 2.75) is 72.4 Å². The first-order valence-corrected chi connectivity index (χ1v) is 16.5. The van der Waals surface area contributed by atoms with Crippen molar-refractivity contribution in [1.29, 1.82) is 0 Å². The maximum absolute atomic E-state index is 12.8. The van der Waals surface area contributed by atoms with Crippen LogP contribution in [0.2, 0.25) is 0 Å². The maximum atomic E-state index is 12.8. The number of carbonyl (C=O) groups excluding carboxylic acids is 3. The van der Waals surface area contributed by atoms with Crippen LogP contribution < -0.4 is 5.32 Å². The summed E-state index contributed by atoms with van der Waals surface area (Å²) >= 11 is 0. The Morgan fingerprint density at radius 2 is 1.11 bits per heavy atom. The van der Waals surface area contributed by atoms with Gasteiger partial charge in [-0.2, -0.15) is 0 Å². The van der Waals surface area contributed by atoms with Gasteiger partial charge in [0.05, 0.1) is 0 Å². The van der Waals surface area contributed by atoms with E-state index in [-0.39, 0.29) is 35.6 Å². The van der Waals surface area contributed by atoms with Crippen LogP contribution in [-0.4, -0.2) is 34.7 Å². The van der Waals surface area contributed by atoms with Gasteiger partial charge >= 0.3 is 0 Å². The zero-order valence-electron chi connectivity index (χ0n) is 27.7. The van der Waals surface area contributed by atoms with Crippen molar-refractivity contribution in [3.8, 4) is 22.3 Å².